The van der Waals surface area contributed by atoms with Gasteiger partial charge in [0.1, 0.15) is 6.04 Å². The van der Waals surface area contributed by atoms with Gasteiger partial charge < -0.3 is 5.32 Å². The fourth-order valence-electron chi connectivity index (χ4n) is 2.58. The van der Waals surface area contributed by atoms with Gasteiger partial charge in [-0.1, -0.05) is 23.7 Å². The molecule has 0 spiro atoms. The first kappa shape index (κ1) is 17.4. The summed E-state index contributed by atoms with van der Waals surface area (Å²) in [5, 5.41) is 5.11. The Morgan fingerprint density at radius 3 is 2.83 bits per heavy atom. The van der Waals surface area contributed by atoms with Gasteiger partial charge in [-0.25, -0.2) is 0 Å². The smallest absolute Gasteiger partial charge is 0.280 e. The van der Waals surface area contributed by atoms with Crippen LogP contribution < -0.4 is 10.0 Å². The SMILES string of the molecule is CN1[C@@H](C(=O)Nc2cccc(Cl)c2)C[C@@H](c2cccs2)NS1(=O)=O. The van der Waals surface area contributed by atoms with Gasteiger partial charge in [0, 0.05) is 22.6 Å². The van der Waals surface area contributed by atoms with Crippen molar-refractivity contribution in [2.45, 2.75) is 18.5 Å². The molecule has 6 nitrogen and oxygen atoms in total. The molecule has 2 N–H and O–H groups in total. The lowest BCUT2D eigenvalue weighted by atomic mass is 10.1. The van der Waals surface area contributed by atoms with Gasteiger partial charge in [-0.3, -0.25) is 4.79 Å². The van der Waals surface area contributed by atoms with E-state index >= 15 is 0 Å². The second-order valence-electron chi connectivity index (χ2n) is 5.46. The molecule has 1 aromatic heterocycles. The fourth-order valence-corrected chi connectivity index (χ4v) is 4.90. The summed E-state index contributed by atoms with van der Waals surface area (Å²) in [5.41, 5.74) is 0.532. The number of nitrogens with zero attached hydrogens (tertiary/aromatic N) is 1. The van der Waals surface area contributed by atoms with E-state index in [9.17, 15) is 13.2 Å². The van der Waals surface area contributed by atoms with Crippen LogP contribution in [-0.4, -0.2) is 31.7 Å². The highest BCUT2D eigenvalue weighted by Gasteiger charge is 2.40. The number of anilines is 1. The number of amides is 1. The van der Waals surface area contributed by atoms with Crippen molar-refractivity contribution in [3.8, 4) is 0 Å². The van der Waals surface area contributed by atoms with E-state index in [2.05, 4.69) is 10.0 Å². The zero-order valence-corrected chi connectivity index (χ0v) is 15.2. The Morgan fingerprint density at radius 2 is 2.17 bits per heavy atom. The Morgan fingerprint density at radius 1 is 1.38 bits per heavy atom. The third-order valence-electron chi connectivity index (χ3n) is 3.85. The van der Waals surface area contributed by atoms with Crippen molar-refractivity contribution in [1.29, 1.82) is 0 Å². The number of hydrogen-bond donors (Lipinski definition) is 2. The quantitative estimate of drug-likeness (QED) is 0.852. The summed E-state index contributed by atoms with van der Waals surface area (Å²) < 4.78 is 28.3. The second-order valence-corrected chi connectivity index (χ2v) is 8.64. The topological polar surface area (TPSA) is 78.5 Å². The lowest BCUT2D eigenvalue weighted by Gasteiger charge is -2.35. The highest BCUT2D eigenvalue weighted by atomic mass is 35.5. The molecule has 1 saturated heterocycles. The minimum atomic E-state index is -3.73. The van der Waals surface area contributed by atoms with Gasteiger partial charge in [0.2, 0.25) is 5.91 Å². The van der Waals surface area contributed by atoms with E-state index in [1.54, 1.807) is 24.3 Å². The molecule has 9 heteroatoms. The number of rotatable bonds is 3. The molecule has 0 radical (unpaired) electrons. The van der Waals surface area contributed by atoms with E-state index in [1.165, 1.54) is 18.4 Å². The van der Waals surface area contributed by atoms with Crippen molar-refractivity contribution >= 4 is 44.7 Å². The molecule has 0 saturated carbocycles. The van der Waals surface area contributed by atoms with Gasteiger partial charge in [0.25, 0.3) is 10.2 Å². The molecule has 0 unspecified atom stereocenters. The second kappa shape index (κ2) is 6.81. The minimum absolute atomic E-state index is 0.350. The number of benzene rings is 1. The zero-order valence-electron chi connectivity index (χ0n) is 12.8. The molecule has 3 rings (SSSR count). The molecule has 2 heterocycles. The standard InChI is InChI=1S/C15H16ClN3O3S2/c1-19-13(15(20)17-11-5-2-4-10(16)8-11)9-12(18-24(19,21)22)14-6-3-7-23-14/h2-8,12-13,18H,9H2,1H3,(H,17,20)/t12-,13+/m0/s1. The van der Waals surface area contributed by atoms with Crippen LogP contribution in [0.2, 0.25) is 5.02 Å². The summed E-state index contributed by atoms with van der Waals surface area (Å²) in [6.07, 6.45) is 0.350. The lowest BCUT2D eigenvalue weighted by molar-refractivity contribution is -0.120. The Hall–Kier alpha value is -1.45. The molecule has 1 aromatic carbocycles. The van der Waals surface area contributed by atoms with Gasteiger partial charge in [-0.15, -0.1) is 11.3 Å². The maximum absolute atomic E-state index is 12.6. The molecule has 1 fully saturated rings. The highest BCUT2D eigenvalue weighted by molar-refractivity contribution is 7.87. The Kier molecular flexibility index (Phi) is 4.93. The Balaban J connectivity index is 1.83. The molecular formula is C15H16ClN3O3S2. The third kappa shape index (κ3) is 3.62. The number of carbonyl (C=O) groups is 1. The molecule has 0 aliphatic carbocycles. The van der Waals surface area contributed by atoms with Crippen LogP contribution in [0.3, 0.4) is 0 Å². The van der Waals surface area contributed by atoms with Crippen LogP contribution in [0.1, 0.15) is 17.3 Å². The normalized spacial score (nSPS) is 23.8. The van der Waals surface area contributed by atoms with Crippen molar-refractivity contribution < 1.29 is 13.2 Å². The molecular weight excluding hydrogens is 370 g/mol. The molecule has 0 bridgehead atoms. The number of carbonyl (C=O) groups excluding carboxylic acids is 1. The molecule has 1 amide bonds. The average Bonchev–Trinajstić information content (AvgIpc) is 3.04. The van der Waals surface area contributed by atoms with Gasteiger partial charge in [-0.05, 0) is 36.1 Å². The molecule has 1 aliphatic rings. The van der Waals surface area contributed by atoms with E-state index < -0.39 is 22.3 Å². The molecule has 2 aromatic rings. The predicted octanol–water partition coefficient (Wildman–Crippen LogP) is 2.62. The first-order chi connectivity index (χ1) is 11.4. The Bertz CT molecular complexity index is 839. The third-order valence-corrected chi connectivity index (χ3v) is 6.67. The van der Waals surface area contributed by atoms with Crippen molar-refractivity contribution in [2.75, 3.05) is 12.4 Å². The fraction of sp³-hybridized carbons (Fsp3) is 0.267. The monoisotopic (exact) mass is 385 g/mol. The first-order valence-corrected chi connectivity index (χ1v) is 9.92. The number of hydrogen-bond acceptors (Lipinski definition) is 4. The number of likely N-dealkylation sites (N-methyl/N-ethyl adjacent to an activating group) is 1. The maximum Gasteiger partial charge on any atom is 0.280 e. The molecule has 1 aliphatic heterocycles. The van der Waals surface area contributed by atoms with Crippen molar-refractivity contribution in [2.24, 2.45) is 0 Å². The maximum atomic E-state index is 12.6. The van der Waals surface area contributed by atoms with E-state index in [4.69, 9.17) is 11.6 Å². The van der Waals surface area contributed by atoms with E-state index in [-0.39, 0.29) is 5.91 Å². The summed E-state index contributed by atoms with van der Waals surface area (Å²) in [7, 11) is -2.33. The van der Waals surface area contributed by atoms with E-state index in [0.29, 0.717) is 17.1 Å². The van der Waals surface area contributed by atoms with Crippen molar-refractivity contribution in [1.82, 2.24) is 9.03 Å². The van der Waals surface area contributed by atoms with Crippen LogP contribution >= 0.6 is 22.9 Å². The molecule has 128 valence electrons. The predicted molar refractivity (Wildman–Crippen MR) is 95.4 cm³/mol. The highest BCUT2D eigenvalue weighted by Crippen LogP contribution is 2.30. The van der Waals surface area contributed by atoms with Gasteiger partial charge >= 0.3 is 0 Å². The summed E-state index contributed by atoms with van der Waals surface area (Å²) in [5.74, 6) is -0.383. The van der Waals surface area contributed by atoms with Gasteiger partial charge in [0.15, 0.2) is 0 Å². The first-order valence-electron chi connectivity index (χ1n) is 7.22. The number of halogens is 1. The van der Waals surface area contributed by atoms with E-state index in [1.807, 2.05) is 17.5 Å². The van der Waals surface area contributed by atoms with Crippen molar-refractivity contribution in [3.05, 3.63) is 51.7 Å². The summed E-state index contributed by atoms with van der Waals surface area (Å²) >= 11 is 7.37. The molecule has 24 heavy (non-hydrogen) atoms. The van der Waals surface area contributed by atoms with Gasteiger partial charge in [-0.2, -0.15) is 17.4 Å². The zero-order chi connectivity index (χ0) is 17.3. The minimum Gasteiger partial charge on any atom is -0.325 e. The summed E-state index contributed by atoms with van der Waals surface area (Å²) in [4.78, 5) is 13.5. The molecule has 2 atom stereocenters. The van der Waals surface area contributed by atoms with Crippen LogP contribution in [0.4, 0.5) is 5.69 Å². The summed E-state index contributed by atoms with van der Waals surface area (Å²) in [6, 6.07) is 9.23. The largest absolute Gasteiger partial charge is 0.325 e. The van der Waals surface area contributed by atoms with Gasteiger partial charge in [0.05, 0.1) is 6.04 Å². The number of thiophene rings is 1. The van der Waals surface area contributed by atoms with Crippen LogP contribution in [-0.2, 0) is 15.0 Å². The van der Waals surface area contributed by atoms with Crippen LogP contribution in [0, 0.1) is 0 Å². The Labute approximate surface area is 149 Å². The number of nitrogens with one attached hydrogen (secondary N) is 2. The van der Waals surface area contributed by atoms with Crippen LogP contribution in [0.15, 0.2) is 41.8 Å². The average molecular weight is 386 g/mol. The van der Waals surface area contributed by atoms with E-state index in [0.717, 1.165) is 9.18 Å². The lowest BCUT2D eigenvalue weighted by Crippen LogP contribution is -2.55. The van der Waals surface area contributed by atoms with Crippen molar-refractivity contribution in [3.63, 3.8) is 0 Å². The van der Waals surface area contributed by atoms with Crippen LogP contribution in [0.5, 0.6) is 0 Å². The summed E-state index contributed by atoms with van der Waals surface area (Å²) in [6.45, 7) is 0. The van der Waals surface area contributed by atoms with Crippen LogP contribution in [0.25, 0.3) is 0 Å².